The third-order valence-corrected chi connectivity index (χ3v) is 5.56. The second kappa shape index (κ2) is 6.89. The van der Waals surface area contributed by atoms with Crippen molar-refractivity contribution in [3.63, 3.8) is 0 Å². The first-order valence-electron chi connectivity index (χ1n) is 8.70. The number of ether oxygens (including phenoxy) is 1. The molecular formula is C19H16F3N3O3S. The number of hydrogen-bond acceptors (Lipinski definition) is 4. The highest BCUT2D eigenvalue weighted by Crippen LogP contribution is 2.36. The molecule has 0 spiro atoms. The summed E-state index contributed by atoms with van der Waals surface area (Å²) in [4.78, 5) is -0.320. The standard InChI is InChI=1S/C19H16F3N3O3S/c20-19(21,22)18-11-15(12-7-8-16-13(10-12)4-3-9-28-16)25(24-18)14-5-1-2-6-17(14)29(23,26)27/h1-2,5-8,10-11H,3-4,9H2,(H2,23,26,27). The van der Waals surface area contributed by atoms with Gasteiger partial charge < -0.3 is 4.74 Å². The fraction of sp³-hybridized carbons (Fsp3) is 0.211. The maximum Gasteiger partial charge on any atom is 0.435 e. The van der Waals surface area contributed by atoms with E-state index in [9.17, 15) is 21.6 Å². The summed E-state index contributed by atoms with van der Waals surface area (Å²) in [5.41, 5.74) is 0.234. The molecule has 1 aromatic heterocycles. The number of primary sulfonamides is 1. The number of para-hydroxylation sites is 1. The number of hydrogen-bond donors (Lipinski definition) is 1. The van der Waals surface area contributed by atoms with Crippen molar-refractivity contribution in [1.29, 1.82) is 0 Å². The van der Waals surface area contributed by atoms with Gasteiger partial charge in [0, 0.05) is 5.56 Å². The summed E-state index contributed by atoms with van der Waals surface area (Å²) in [5.74, 6) is 0.687. The van der Waals surface area contributed by atoms with Gasteiger partial charge in [0.05, 0.1) is 18.0 Å². The molecule has 0 atom stereocenters. The minimum Gasteiger partial charge on any atom is -0.493 e. The normalized spacial score (nSPS) is 14.3. The molecule has 0 saturated carbocycles. The SMILES string of the molecule is NS(=O)(=O)c1ccccc1-n1nc(C(F)(F)F)cc1-c1ccc2c(c1)CCCO2. The van der Waals surface area contributed by atoms with Crippen LogP contribution >= 0.6 is 0 Å². The average Bonchev–Trinajstić information content (AvgIpc) is 3.13. The van der Waals surface area contributed by atoms with Crippen LogP contribution in [0.2, 0.25) is 0 Å². The zero-order valence-electron chi connectivity index (χ0n) is 15.0. The van der Waals surface area contributed by atoms with Gasteiger partial charge in [-0.2, -0.15) is 18.3 Å². The van der Waals surface area contributed by atoms with E-state index in [0.29, 0.717) is 17.9 Å². The zero-order chi connectivity index (χ0) is 20.8. The minimum atomic E-state index is -4.70. The molecule has 6 nitrogen and oxygen atoms in total. The van der Waals surface area contributed by atoms with E-state index in [1.165, 1.54) is 24.3 Å². The molecule has 2 heterocycles. The quantitative estimate of drug-likeness (QED) is 0.698. The van der Waals surface area contributed by atoms with Gasteiger partial charge in [0.1, 0.15) is 10.6 Å². The second-order valence-electron chi connectivity index (χ2n) is 6.61. The number of rotatable bonds is 3. The molecule has 0 saturated heterocycles. The van der Waals surface area contributed by atoms with E-state index in [0.717, 1.165) is 29.2 Å². The minimum absolute atomic E-state index is 0.0607. The lowest BCUT2D eigenvalue weighted by Crippen LogP contribution is -2.16. The number of aromatic nitrogens is 2. The molecular weight excluding hydrogens is 407 g/mol. The van der Waals surface area contributed by atoms with Crippen LogP contribution in [-0.4, -0.2) is 24.8 Å². The molecule has 0 bridgehead atoms. The van der Waals surface area contributed by atoms with Crippen molar-refractivity contribution < 1.29 is 26.3 Å². The smallest absolute Gasteiger partial charge is 0.435 e. The summed E-state index contributed by atoms with van der Waals surface area (Å²) in [6, 6.07) is 11.5. The van der Waals surface area contributed by atoms with Crippen molar-refractivity contribution in [2.24, 2.45) is 5.14 Å². The van der Waals surface area contributed by atoms with E-state index in [-0.39, 0.29) is 16.3 Å². The first-order valence-corrected chi connectivity index (χ1v) is 10.2. The van der Waals surface area contributed by atoms with Gasteiger partial charge in [0.2, 0.25) is 10.0 Å². The Morgan fingerprint density at radius 1 is 1.10 bits per heavy atom. The Morgan fingerprint density at radius 3 is 2.59 bits per heavy atom. The summed E-state index contributed by atoms with van der Waals surface area (Å²) in [6.45, 7) is 0.588. The fourth-order valence-electron chi connectivity index (χ4n) is 3.30. The van der Waals surface area contributed by atoms with Crippen molar-refractivity contribution in [1.82, 2.24) is 9.78 Å². The molecule has 0 fully saturated rings. The van der Waals surface area contributed by atoms with Gasteiger partial charge in [-0.15, -0.1) is 0 Å². The van der Waals surface area contributed by atoms with Gasteiger partial charge in [-0.25, -0.2) is 18.2 Å². The van der Waals surface area contributed by atoms with Crippen molar-refractivity contribution in [2.75, 3.05) is 6.61 Å². The van der Waals surface area contributed by atoms with Crippen LogP contribution in [0.4, 0.5) is 13.2 Å². The Hall–Kier alpha value is -2.85. The topological polar surface area (TPSA) is 87.2 Å². The summed E-state index contributed by atoms with van der Waals surface area (Å²) in [6.07, 6.45) is -3.16. The highest BCUT2D eigenvalue weighted by molar-refractivity contribution is 7.89. The van der Waals surface area contributed by atoms with Gasteiger partial charge in [-0.1, -0.05) is 12.1 Å². The Bertz CT molecular complexity index is 1190. The van der Waals surface area contributed by atoms with E-state index >= 15 is 0 Å². The molecule has 1 aliphatic heterocycles. The third-order valence-electron chi connectivity index (χ3n) is 4.60. The van der Waals surface area contributed by atoms with Crippen molar-refractivity contribution in [2.45, 2.75) is 23.9 Å². The number of halogens is 3. The number of alkyl halides is 3. The van der Waals surface area contributed by atoms with Gasteiger partial charge >= 0.3 is 6.18 Å². The lowest BCUT2D eigenvalue weighted by Gasteiger charge is -2.18. The number of nitrogens with zero attached hydrogens (tertiary/aromatic N) is 2. The van der Waals surface area contributed by atoms with Crippen molar-refractivity contribution in [3.05, 3.63) is 59.8 Å². The van der Waals surface area contributed by atoms with E-state index < -0.39 is 21.9 Å². The molecule has 152 valence electrons. The summed E-state index contributed by atoms with van der Waals surface area (Å²) in [7, 11) is -4.18. The van der Waals surface area contributed by atoms with Crippen molar-refractivity contribution >= 4 is 10.0 Å². The summed E-state index contributed by atoms with van der Waals surface area (Å²) >= 11 is 0. The Morgan fingerprint density at radius 2 is 1.86 bits per heavy atom. The van der Waals surface area contributed by atoms with E-state index in [1.54, 1.807) is 18.2 Å². The monoisotopic (exact) mass is 423 g/mol. The molecule has 0 unspecified atom stereocenters. The first kappa shape index (κ1) is 19.5. The Labute approximate surface area is 164 Å². The Kier molecular flexibility index (Phi) is 4.62. The number of sulfonamides is 1. The van der Waals surface area contributed by atoms with E-state index in [1.807, 2.05) is 0 Å². The van der Waals surface area contributed by atoms with Crippen LogP contribution in [0.1, 0.15) is 17.7 Å². The summed E-state index contributed by atoms with van der Waals surface area (Å²) < 4.78 is 70.6. The van der Waals surface area contributed by atoms with Crippen LogP contribution in [0, 0.1) is 0 Å². The van der Waals surface area contributed by atoms with Crippen molar-refractivity contribution in [3.8, 4) is 22.7 Å². The largest absolute Gasteiger partial charge is 0.493 e. The first-order chi connectivity index (χ1) is 13.6. The van der Waals surface area contributed by atoms with Gasteiger partial charge in [-0.3, -0.25) is 0 Å². The molecule has 2 aromatic carbocycles. The molecule has 29 heavy (non-hydrogen) atoms. The molecule has 0 radical (unpaired) electrons. The van der Waals surface area contributed by atoms with E-state index in [2.05, 4.69) is 5.10 Å². The average molecular weight is 423 g/mol. The molecule has 2 N–H and O–H groups in total. The van der Waals surface area contributed by atoms with Crippen LogP contribution in [0.25, 0.3) is 16.9 Å². The highest BCUT2D eigenvalue weighted by Gasteiger charge is 2.36. The molecule has 3 aromatic rings. The molecule has 0 amide bonds. The van der Waals surface area contributed by atoms with Crippen LogP contribution in [0.5, 0.6) is 5.75 Å². The predicted molar refractivity (Wildman–Crippen MR) is 99.2 cm³/mol. The highest BCUT2D eigenvalue weighted by atomic mass is 32.2. The van der Waals surface area contributed by atoms with Gasteiger partial charge in [-0.05, 0) is 54.8 Å². The fourth-order valence-corrected chi connectivity index (χ4v) is 4.02. The van der Waals surface area contributed by atoms with Crippen LogP contribution in [0.15, 0.2) is 53.4 Å². The maximum atomic E-state index is 13.4. The summed E-state index contributed by atoms with van der Waals surface area (Å²) in [5, 5.41) is 8.91. The van der Waals surface area contributed by atoms with Crippen LogP contribution < -0.4 is 9.88 Å². The predicted octanol–water partition coefficient (Wildman–Crippen LogP) is 3.53. The number of nitrogens with two attached hydrogens (primary N) is 1. The van der Waals surface area contributed by atoms with E-state index in [4.69, 9.17) is 9.88 Å². The molecule has 0 aliphatic carbocycles. The lowest BCUT2D eigenvalue weighted by molar-refractivity contribution is -0.141. The molecule has 4 rings (SSSR count). The lowest BCUT2D eigenvalue weighted by atomic mass is 10.0. The number of benzene rings is 2. The third kappa shape index (κ3) is 3.73. The number of fused-ring (bicyclic) bond motifs is 1. The van der Waals surface area contributed by atoms with Gasteiger partial charge in [0.25, 0.3) is 0 Å². The Balaban J connectivity index is 1.96. The van der Waals surface area contributed by atoms with Crippen LogP contribution in [0.3, 0.4) is 0 Å². The maximum absolute atomic E-state index is 13.4. The zero-order valence-corrected chi connectivity index (χ0v) is 15.8. The second-order valence-corrected chi connectivity index (χ2v) is 8.14. The molecule has 10 heteroatoms. The van der Waals surface area contributed by atoms with Crippen LogP contribution in [-0.2, 0) is 22.6 Å². The molecule has 1 aliphatic rings. The number of aryl methyl sites for hydroxylation is 1. The van der Waals surface area contributed by atoms with Gasteiger partial charge in [0.15, 0.2) is 5.69 Å².